The zero-order valence-electron chi connectivity index (χ0n) is 9.47. The lowest BCUT2D eigenvalue weighted by Gasteiger charge is -2.04. The fraction of sp³-hybridized carbons (Fsp3) is 0.250. The molecule has 0 radical (unpaired) electrons. The van der Waals surface area contributed by atoms with E-state index < -0.39 is 4.92 Å². The van der Waals surface area contributed by atoms with Crippen molar-refractivity contribution in [3.63, 3.8) is 0 Å². The average Bonchev–Trinajstić information content (AvgIpc) is 2.93. The molecule has 18 heavy (non-hydrogen) atoms. The zero-order chi connectivity index (χ0) is 12.7. The van der Waals surface area contributed by atoms with Gasteiger partial charge in [0.05, 0.1) is 10.6 Å². The maximum absolute atomic E-state index is 11.0. The first-order valence-electron chi connectivity index (χ1n) is 5.68. The van der Waals surface area contributed by atoms with Crippen LogP contribution in [-0.2, 0) is 12.8 Å². The molecule has 0 unspecified atom stereocenters. The topological polar surface area (TPSA) is 61.0 Å². The summed E-state index contributed by atoms with van der Waals surface area (Å²) in [7, 11) is 0. The molecule has 0 N–H and O–H groups in total. The minimum atomic E-state index is -0.418. The highest BCUT2D eigenvalue weighted by atomic mass is 35.5. The Morgan fingerprint density at radius 2 is 2.11 bits per heavy atom. The quantitative estimate of drug-likeness (QED) is 0.618. The van der Waals surface area contributed by atoms with Gasteiger partial charge in [0.25, 0.3) is 5.69 Å². The SMILES string of the molecule is O=[N+]([O-])c1ccccc1-n1nc2c(c1Cl)CCC2. The summed E-state index contributed by atoms with van der Waals surface area (Å²) in [5.74, 6) is 0. The average molecular weight is 264 g/mol. The third-order valence-electron chi connectivity index (χ3n) is 3.15. The van der Waals surface area contributed by atoms with Gasteiger partial charge in [-0.1, -0.05) is 23.7 Å². The van der Waals surface area contributed by atoms with Crippen LogP contribution in [0.2, 0.25) is 5.15 Å². The van der Waals surface area contributed by atoms with Crippen LogP contribution in [0, 0.1) is 10.1 Å². The lowest BCUT2D eigenvalue weighted by atomic mass is 10.2. The van der Waals surface area contributed by atoms with Gasteiger partial charge in [-0.2, -0.15) is 5.10 Å². The monoisotopic (exact) mass is 263 g/mol. The Balaban J connectivity index is 2.19. The summed E-state index contributed by atoms with van der Waals surface area (Å²) < 4.78 is 1.48. The van der Waals surface area contributed by atoms with E-state index in [4.69, 9.17) is 11.6 Å². The molecule has 6 heteroatoms. The number of aryl methyl sites for hydroxylation is 1. The number of hydrogen-bond acceptors (Lipinski definition) is 3. The van der Waals surface area contributed by atoms with E-state index in [-0.39, 0.29) is 5.69 Å². The minimum absolute atomic E-state index is 0.0144. The van der Waals surface area contributed by atoms with Crippen molar-refractivity contribution in [2.75, 3.05) is 0 Å². The van der Waals surface area contributed by atoms with Crippen molar-refractivity contribution in [1.29, 1.82) is 0 Å². The smallest absolute Gasteiger partial charge is 0.258 e. The first kappa shape index (κ1) is 11.2. The third-order valence-corrected chi connectivity index (χ3v) is 3.54. The number of rotatable bonds is 2. The van der Waals surface area contributed by atoms with Crippen LogP contribution in [0.5, 0.6) is 0 Å². The van der Waals surface area contributed by atoms with Crippen molar-refractivity contribution < 1.29 is 4.92 Å². The maximum atomic E-state index is 11.0. The Hall–Kier alpha value is -1.88. The number of halogens is 1. The molecular formula is C12H10ClN3O2. The van der Waals surface area contributed by atoms with Gasteiger partial charge in [-0.25, -0.2) is 4.68 Å². The van der Waals surface area contributed by atoms with Gasteiger partial charge < -0.3 is 0 Å². The molecule has 5 nitrogen and oxygen atoms in total. The molecule has 1 heterocycles. The summed E-state index contributed by atoms with van der Waals surface area (Å²) >= 11 is 6.26. The molecule has 92 valence electrons. The van der Waals surface area contributed by atoms with Gasteiger partial charge in [0.1, 0.15) is 10.8 Å². The molecule has 0 saturated heterocycles. The standard InChI is InChI=1S/C12H10ClN3O2/c13-12-8-4-3-5-9(8)14-15(12)10-6-1-2-7-11(10)16(17)18/h1-2,6-7H,3-5H2. The maximum Gasteiger partial charge on any atom is 0.294 e. The van der Waals surface area contributed by atoms with E-state index in [0.717, 1.165) is 30.5 Å². The van der Waals surface area contributed by atoms with Crippen molar-refractivity contribution in [2.45, 2.75) is 19.3 Å². The second-order valence-electron chi connectivity index (χ2n) is 4.23. The third kappa shape index (κ3) is 1.59. The van der Waals surface area contributed by atoms with Crippen LogP contribution in [-0.4, -0.2) is 14.7 Å². The van der Waals surface area contributed by atoms with Crippen molar-refractivity contribution in [3.8, 4) is 5.69 Å². The lowest BCUT2D eigenvalue weighted by Crippen LogP contribution is -2.02. The van der Waals surface area contributed by atoms with Crippen LogP contribution < -0.4 is 0 Å². The summed E-state index contributed by atoms with van der Waals surface area (Å²) in [6.45, 7) is 0. The summed E-state index contributed by atoms with van der Waals surface area (Å²) in [4.78, 5) is 10.6. The molecule has 1 aliphatic rings. The van der Waals surface area contributed by atoms with Crippen molar-refractivity contribution in [2.24, 2.45) is 0 Å². The van der Waals surface area contributed by atoms with Crippen LogP contribution in [0.1, 0.15) is 17.7 Å². The molecule has 0 bridgehead atoms. The van der Waals surface area contributed by atoms with Crippen LogP contribution in [0.4, 0.5) is 5.69 Å². The fourth-order valence-corrected chi connectivity index (χ4v) is 2.64. The lowest BCUT2D eigenvalue weighted by molar-refractivity contribution is -0.384. The Morgan fingerprint density at radius 1 is 1.33 bits per heavy atom. The number of aromatic nitrogens is 2. The van der Waals surface area contributed by atoms with E-state index in [0.29, 0.717) is 10.8 Å². The Kier molecular flexibility index (Phi) is 2.56. The second-order valence-corrected chi connectivity index (χ2v) is 4.59. The highest BCUT2D eigenvalue weighted by Gasteiger charge is 2.24. The Morgan fingerprint density at radius 3 is 2.83 bits per heavy atom. The predicted octanol–water partition coefficient (Wildman–Crippen LogP) is 2.92. The molecule has 0 amide bonds. The number of para-hydroxylation sites is 2. The van der Waals surface area contributed by atoms with Gasteiger partial charge in [0, 0.05) is 11.6 Å². The normalized spacial score (nSPS) is 13.6. The molecule has 3 rings (SSSR count). The number of fused-ring (bicyclic) bond motifs is 1. The Labute approximate surface area is 108 Å². The molecule has 1 aromatic heterocycles. The van der Waals surface area contributed by atoms with E-state index in [1.165, 1.54) is 10.7 Å². The predicted molar refractivity (Wildman–Crippen MR) is 67.3 cm³/mol. The van der Waals surface area contributed by atoms with Gasteiger partial charge >= 0.3 is 0 Å². The van der Waals surface area contributed by atoms with Crippen molar-refractivity contribution in [1.82, 2.24) is 9.78 Å². The summed E-state index contributed by atoms with van der Waals surface area (Å²) in [6.07, 6.45) is 2.84. The van der Waals surface area contributed by atoms with Gasteiger partial charge in [0.2, 0.25) is 0 Å². The highest BCUT2D eigenvalue weighted by molar-refractivity contribution is 6.30. The molecule has 0 aliphatic heterocycles. The zero-order valence-corrected chi connectivity index (χ0v) is 10.2. The first-order valence-corrected chi connectivity index (χ1v) is 6.06. The molecule has 0 saturated carbocycles. The molecule has 0 fully saturated rings. The minimum Gasteiger partial charge on any atom is -0.258 e. The Bertz CT molecular complexity index is 636. The van der Waals surface area contributed by atoms with E-state index in [9.17, 15) is 10.1 Å². The molecular weight excluding hydrogens is 254 g/mol. The van der Waals surface area contributed by atoms with Crippen LogP contribution in [0.15, 0.2) is 24.3 Å². The molecule has 0 spiro atoms. The molecule has 1 aromatic carbocycles. The number of nitro groups is 1. The van der Waals surface area contributed by atoms with E-state index in [1.807, 2.05) is 0 Å². The van der Waals surface area contributed by atoms with Crippen LogP contribution >= 0.6 is 11.6 Å². The van der Waals surface area contributed by atoms with Gasteiger partial charge in [0.15, 0.2) is 0 Å². The van der Waals surface area contributed by atoms with Crippen molar-refractivity contribution >= 4 is 17.3 Å². The molecule has 0 atom stereocenters. The highest BCUT2D eigenvalue weighted by Crippen LogP contribution is 2.32. The summed E-state index contributed by atoms with van der Waals surface area (Å²) in [5, 5.41) is 15.9. The molecule has 1 aliphatic carbocycles. The first-order chi connectivity index (χ1) is 8.68. The van der Waals surface area contributed by atoms with Gasteiger partial charge in [-0.05, 0) is 25.3 Å². The fourth-order valence-electron chi connectivity index (χ4n) is 2.31. The number of nitro benzene ring substituents is 1. The second kappa shape index (κ2) is 4.10. The van der Waals surface area contributed by atoms with E-state index in [2.05, 4.69) is 5.10 Å². The van der Waals surface area contributed by atoms with E-state index >= 15 is 0 Å². The number of hydrogen-bond donors (Lipinski definition) is 0. The summed E-state index contributed by atoms with van der Waals surface area (Å²) in [6, 6.07) is 6.49. The van der Waals surface area contributed by atoms with Gasteiger partial charge in [-0.3, -0.25) is 10.1 Å². The largest absolute Gasteiger partial charge is 0.294 e. The van der Waals surface area contributed by atoms with E-state index in [1.54, 1.807) is 18.2 Å². The van der Waals surface area contributed by atoms with Crippen LogP contribution in [0.25, 0.3) is 5.69 Å². The molecule has 2 aromatic rings. The number of benzene rings is 1. The van der Waals surface area contributed by atoms with Gasteiger partial charge in [-0.15, -0.1) is 0 Å². The number of nitrogens with zero attached hydrogens (tertiary/aromatic N) is 3. The van der Waals surface area contributed by atoms with Crippen molar-refractivity contribution in [3.05, 3.63) is 50.8 Å². The summed E-state index contributed by atoms with van der Waals surface area (Å²) in [5.41, 5.74) is 2.41. The van der Waals surface area contributed by atoms with Crippen LogP contribution in [0.3, 0.4) is 0 Å².